The van der Waals surface area contributed by atoms with Gasteiger partial charge < -0.3 is 15.2 Å². The predicted molar refractivity (Wildman–Crippen MR) is 137 cm³/mol. The molecule has 2 N–H and O–H groups in total. The summed E-state index contributed by atoms with van der Waals surface area (Å²) in [6.07, 6.45) is -4.25. The molecule has 3 rings (SSSR count). The largest absolute Gasteiger partial charge is 0.491 e. The molecule has 0 fully saturated rings. The molecule has 3 aromatic rings. The summed E-state index contributed by atoms with van der Waals surface area (Å²) in [7, 11) is 0. The summed E-state index contributed by atoms with van der Waals surface area (Å²) in [5.74, 6) is -3.08. The van der Waals surface area contributed by atoms with E-state index in [0.717, 1.165) is 36.4 Å². The van der Waals surface area contributed by atoms with Crippen LogP contribution in [0.4, 0.5) is 27.6 Å². The van der Waals surface area contributed by atoms with Crippen LogP contribution in [0.2, 0.25) is 0 Å². The minimum Gasteiger partial charge on any atom is -0.491 e. The van der Waals surface area contributed by atoms with Gasteiger partial charge in [0.15, 0.2) is 5.78 Å². The van der Waals surface area contributed by atoms with E-state index in [4.69, 9.17) is 9.84 Å². The summed E-state index contributed by atoms with van der Waals surface area (Å²) in [6, 6.07) is 11.9. The number of hydrogen-bond acceptors (Lipinski definition) is 4. The number of carbonyl (C=O) groups is 2. The van der Waals surface area contributed by atoms with Gasteiger partial charge in [-0.3, -0.25) is 9.59 Å². The lowest BCUT2D eigenvalue weighted by atomic mass is 10.0. The number of carboxylic acids is 1. The lowest BCUT2D eigenvalue weighted by Gasteiger charge is -2.24. The van der Waals surface area contributed by atoms with Crippen LogP contribution in [0.25, 0.3) is 11.1 Å². The van der Waals surface area contributed by atoms with Crippen molar-refractivity contribution in [3.05, 3.63) is 83.4 Å². The highest BCUT2D eigenvalue weighted by Crippen LogP contribution is 2.34. The van der Waals surface area contributed by atoms with Gasteiger partial charge in [-0.2, -0.15) is 13.2 Å². The summed E-state index contributed by atoms with van der Waals surface area (Å²) < 4.78 is 73.6. The van der Waals surface area contributed by atoms with Crippen LogP contribution in [-0.4, -0.2) is 29.5 Å². The average Bonchev–Trinajstić information content (AvgIpc) is 2.86. The number of carboxylic acid groups (broad SMARTS) is 1. The zero-order valence-electron chi connectivity index (χ0n) is 21.3. The van der Waals surface area contributed by atoms with Crippen molar-refractivity contribution in [3.63, 3.8) is 0 Å². The Kier molecular flexibility index (Phi) is 9.66. The van der Waals surface area contributed by atoms with Gasteiger partial charge >= 0.3 is 12.1 Å². The Morgan fingerprint density at radius 2 is 1.51 bits per heavy atom. The monoisotopic (exact) mass is 549 g/mol. The van der Waals surface area contributed by atoms with E-state index < -0.39 is 34.9 Å². The van der Waals surface area contributed by atoms with Crippen LogP contribution in [0, 0.1) is 17.6 Å². The molecule has 0 heterocycles. The number of Topliss-reactive ketones (excluding diaryl/α,β-unsaturated/α-hetero) is 1. The zero-order chi connectivity index (χ0) is 28.7. The first-order valence-electron chi connectivity index (χ1n) is 12.3. The van der Waals surface area contributed by atoms with Gasteiger partial charge in [0.25, 0.3) is 0 Å². The smallest absolute Gasteiger partial charge is 0.416 e. The Morgan fingerprint density at radius 3 is 2.03 bits per heavy atom. The summed E-state index contributed by atoms with van der Waals surface area (Å²) >= 11 is 0. The maximum atomic E-state index is 14.8. The molecule has 5 nitrogen and oxygen atoms in total. The number of alkyl halides is 3. The fourth-order valence-electron chi connectivity index (χ4n) is 3.83. The molecule has 0 aliphatic carbocycles. The normalized spacial score (nSPS) is 12.3. The number of halogens is 5. The van der Waals surface area contributed by atoms with Gasteiger partial charge in [-0.15, -0.1) is 0 Å². The first-order valence-corrected chi connectivity index (χ1v) is 12.3. The van der Waals surface area contributed by atoms with Crippen molar-refractivity contribution >= 4 is 17.4 Å². The van der Waals surface area contributed by atoms with Gasteiger partial charge in [0.1, 0.15) is 24.0 Å². The van der Waals surface area contributed by atoms with Crippen molar-refractivity contribution < 1.29 is 41.4 Å². The predicted octanol–water partition coefficient (Wildman–Crippen LogP) is 7.60. The number of rotatable bonds is 12. The van der Waals surface area contributed by atoms with Crippen LogP contribution < -0.4 is 10.1 Å². The fraction of sp³-hybridized carbons (Fsp3) is 0.310. The Morgan fingerprint density at radius 1 is 0.923 bits per heavy atom. The Bertz CT molecular complexity index is 1270. The maximum Gasteiger partial charge on any atom is 0.416 e. The third-order valence-corrected chi connectivity index (χ3v) is 6.10. The first kappa shape index (κ1) is 29.6. The Hall–Kier alpha value is -3.95. The molecule has 39 heavy (non-hydrogen) atoms. The molecule has 0 aliphatic heterocycles. The van der Waals surface area contributed by atoms with E-state index in [2.05, 4.69) is 5.32 Å². The van der Waals surface area contributed by atoms with Crippen LogP contribution >= 0.6 is 0 Å². The molecule has 0 amide bonds. The van der Waals surface area contributed by atoms with E-state index in [9.17, 15) is 31.5 Å². The number of aliphatic carboxylic acids is 1. The van der Waals surface area contributed by atoms with Gasteiger partial charge in [-0.25, -0.2) is 8.78 Å². The van der Waals surface area contributed by atoms with Crippen LogP contribution in [0.3, 0.4) is 0 Å². The number of hydrogen-bond donors (Lipinski definition) is 2. The first-order chi connectivity index (χ1) is 18.3. The number of benzene rings is 3. The quantitative estimate of drug-likeness (QED) is 0.180. The van der Waals surface area contributed by atoms with E-state index in [1.54, 1.807) is 24.3 Å². The molecule has 1 atom stereocenters. The number of anilines is 1. The summed E-state index contributed by atoms with van der Waals surface area (Å²) in [5.41, 5.74) is -0.254. The summed E-state index contributed by atoms with van der Waals surface area (Å²) in [6.45, 7) is 3.90. The van der Waals surface area contributed by atoms with Gasteiger partial charge in [0, 0.05) is 36.2 Å². The van der Waals surface area contributed by atoms with Crippen molar-refractivity contribution in [2.24, 2.45) is 5.92 Å². The second-order valence-corrected chi connectivity index (χ2v) is 9.39. The number of carbonyl (C=O) groups excluding carboxylic acids is 1. The maximum absolute atomic E-state index is 14.8. The highest BCUT2D eigenvalue weighted by Gasteiger charge is 2.30. The van der Waals surface area contributed by atoms with Crippen LogP contribution in [0.1, 0.15) is 49.0 Å². The molecule has 0 aliphatic rings. The van der Waals surface area contributed by atoms with Crippen LogP contribution in [0.15, 0.2) is 60.7 Å². The van der Waals surface area contributed by atoms with Crippen LogP contribution in [0.5, 0.6) is 5.75 Å². The topological polar surface area (TPSA) is 75.6 Å². The van der Waals surface area contributed by atoms with Gasteiger partial charge in [-0.1, -0.05) is 26.0 Å². The standard InChI is InChI=1S/C29H28F5NO4/c1-17(2)25(35-21-12-8-18(9-13-21)26(36)4-3-5-27(37)38)16-39-22-14-23(30)28(24(31)15-22)19-6-10-20(11-7-19)29(32,33)34/h6-15,17,25,35H,3-5,16H2,1-2H3,(H,37,38)/t25-/m1/s1. The SMILES string of the molecule is CC(C)[C@@H](COc1cc(F)c(-c2ccc(C(F)(F)F)cc2)c(F)c1)Nc1ccc(C(=O)CCCC(=O)O)cc1. The second kappa shape index (κ2) is 12.7. The van der Waals surface area contributed by atoms with Crippen molar-refractivity contribution in [2.45, 2.75) is 45.3 Å². The molecule has 0 saturated carbocycles. The minimum atomic E-state index is -4.56. The van der Waals surface area contributed by atoms with E-state index in [0.29, 0.717) is 11.3 Å². The molecule has 0 aromatic heterocycles. The number of nitrogens with one attached hydrogen (secondary N) is 1. The summed E-state index contributed by atoms with van der Waals surface area (Å²) in [4.78, 5) is 22.8. The lowest BCUT2D eigenvalue weighted by molar-refractivity contribution is -0.138. The molecule has 3 aromatic carbocycles. The van der Waals surface area contributed by atoms with Crippen molar-refractivity contribution in [3.8, 4) is 16.9 Å². The fourth-order valence-corrected chi connectivity index (χ4v) is 3.83. The third kappa shape index (κ3) is 8.27. The molecule has 208 valence electrons. The third-order valence-electron chi connectivity index (χ3n) is 6.10. The molecule has 0 unspecified atom stereocenters. The molecule has 0 bridgehead atoms. The Labute approximate surface area is 222 Å². The van der Waals surface area contributed by atoms with Crippen molar-refractivity contribution in [1.82, 2.24) is 0 Å². The molecular formula is C29H28F5NO4. The number of ketones is 1. The Balaban J connectivity index is 1.64. The molecule has 0 spiro atoms. The van der Waals surface area contributed by atoms with Crippen molar-refractivity contribution in [1.29, 1.82) is 0 Å². The molecule has 0 saturated heterocycles. The highest BCUT2D eigenvalue weighted by atomic mass is 19.4. The van der Waals surface area contributed by atoms with Crippen molar-refractivity contribution in [2.75, 3.05) is 11.9 Å². The number of ether oxygens (including phenoxy) is 1. The van der Waals surface area contributed by atoms with E-state index in [-0.39, 0.29) is 54.9 Å². The van der Waals surface area contributed by atoms with E-state index >= 15 is 0 Å². The molecule has 10 heteroatoms. The average molecular weight is 550 g/mol. The summed E-state index contributed by atoms with van der Waals surface area (Å²) in [5, 5.41) is 12.0. The second-order valence-electron chi connectivity index (χ2n) is 9.39. The lowest BCUT2D eigenvalue weighted by Crippen LogP contribution is -2.32. The van der Waals surface area contributed by atoms with Crippen LogP contribution in [-0.2, 0) is 11.0 Å². The zero-order valence-corrected chi connectivity index (χ0v) is 21.3. The van der Waals surface area contributed by atoms with Gasteiger partial charge in [-0.05, 0) is 54.3 Å². The van der Waals surface area contributed by atoms with E-state index in [1.807, 2.05) is 13.8 Å². The van der Waals surface area contributed by atoms with E-state index in [1.165, 1.54) is 0 Å². The minimum absolute atomic E-state index is 0.0323. The van der Waals surface area contributed by atoms with Gasteiger partial charge in [0.05, 0.1) is 17.2 Å². The molecule has 0 radical (unpaired) electrons. The highest BCUT2D eigenvalue weighted by molar-refractivity contribution is 5.96. The van der Waals surface area contributed by atoms with Gasteiger partial charge in [0.2, 0.25) is 0 Å². The molecular weight excluding hydrogens is 521 g/mol.